The molecule has 0 amide bonds. The van der Waals surface area contributed by atoms with Gasteiger partial charge in [0.15, 0.2) is 11.5 Å². The summed E-state index contributed by atoms with van der Waals surface area (Å²) in [6, 6.07) is 6.46. The summed E-state index contributed by atoms with van der Waals surface area (Å²) in [6.45, 7) is 4.58. The SMILES string of the molecule is CCCOC(=O)C(C#N)=Cc1ccc(O)c(OCCC)c1. The minimum Gasteiger partial charge on any atom is -0.504 e. The maximum atomic E-state index is 11.7. The average molecular weight is 289 g/mol. The van der Waals surface area contributed by atoms with Gasteiger partial charge in [-0.15, -0.1) is 0 Å². The van der Waals surface area contributed by atoms with Crippen LogP contribution in [0.3, 0.4) is 0 Å². The summed E-state index contributed by atoms with van der Waals surface area (Å²) in [5.74, 6) is -0.305. The van der Waals surface area contributed by atoms with Gasteiger partial charge in [0.25, 0.3) is 0 Å². The second-order valence-electron chi connectivity index (χ2n) is 4.38. The molecule has 1 aromatic carbocycles. The molecule has 5 nitrogen and oxygen atoms in total. The van der Waals surface area contributed by atoms with Gasteiger partial charge in [-0.05, 0) is 36.6 Å². The molecule has 5 heteroatoms. The van der Waals surface area contributed by atoms with E-state index >= 15 is 0 Å². The van der Waals surface area contributed by atoms with Crippen molar-refractivity contribution in [2.45, 2.75) is 26.7 Å². The predicted octanol–water partition coefficient (Wildman–Crippen LogP) is 3.04. The number of hydrogen-bond acceptors (Lipinski definition) is 5. The monoisotopic (exact) mass is 289 g/mol. The molecule has 0 saturated carbocycles. The Balaban J connectivity index is 2.95. The largest absolute Gasteiger partial charge is 0.504 e. The molecule has 0 aliphatic heterocycles. The van der Waals surface area contributed by atoms with Crippen molar-refractivity contribution in [3.63, 3.8) is 0 Å². The number of ether oxygens (including phenoxy) is 2. The molecule has 0 atom stereocenters. The highest BCUT2D eigenvalue weighted by Crippen LogP contribution is 2.28. The van der Waals surface area contributed by atoms with E-state index in [2.05, 4.69) is 0 Å². The van der Waals surface area contributed by atoms with E-state index in [1.165, 1.54) is 12.1 Å². The Morgan fingerprint density at radius 1 is 1.33 bits per heavy atom. The second-order valence-corrected chi connectivity index (χ2v) is 4.38. The lowest BCUT2D eigenvalue weighted by Gasteiger charge is -2.08. The quantitative estimate of drug-likeness (QED) is 0.474. The van der Waals surface area contributed by atoms with E-state index in [-0.39, 0.29) is 17.9 Å². The molecule has 112 valence electrons. The van der Waals surface area contributed by atoms with Gasteiger partial charge >= 0.3 is 5.97 Å². The van der Waals surface area contributed by atoms with Gasteiger partial charge in [-0.25, -0.2) is 4.79 Å². The number of carbonyl (C=O) groups excluding carboxylic acids is 1. The van der Waals surface area contributed by atoms with E-state index in [4.69, 9.17) is 14.7 Å². The summed E-state index contributed by atoms with van der Waals surface area (Å²) in [5, 5.41) is 18.7. The molecule has 0 aliphatic rings. The van der Waals surface area contributed by atoms with Gasteiger partial charge in [0.05, 0.1) is 13.2 Å². The summed E-state index contributed by atoms with van der Waals surface area (Å²) < 4.78 is 10.3. The molecular weight excluding hydrogens is 270 g/mol. The van der Waals surface area contributed by atoms with Crippen molar-refractivity contribution in [2.24, 2.45) is 0 Å². The van der Waals surface area contributed by atoms with E-state index < -0.39 is 5.97 Å². The average Bonchev–Trinajstić information content (AvgIpc) is 2.50. The Kier molecular flexibility index (Phi) is 6.82. The number of hydrogen-bond donors (Lipinski definition) is 1. The molecule has 0 heterocycles. The highest BCUT2D eigenvalue weighted by molar-refractivity contribution is 5.97. The first-order valence-corrected chi connectivity index (χ1v) is 6.87. The molecule has 0 aromatic heterocycles. The third kappa shape index (κ3) is 5.19. The van der Waals surface area contributed by atoms with Crippen LogP contribution in [0.2, 0.25) is 0 Å². The normalized spacial score (nSPS) is 10.8. The van der Waals surface area contributed by atoms with Crippen LogP contribution >= 0.6 is 0 Å². The number of carbonyl (C=O) groups is 1. The maximum absolute atomic E-state index is 11.7. The lowest BCUT2D eigenvalue weighted by atomic mass is 10.1. The summed E-state index contributed by atoms with van der Waals surface area (Å²) in [5.41, 5.74) is 0.500. The van der Waals surface area contributed by atoms with Crippen LogP contribution < -0.4 is 4.74 Å². The first kappa shape index (κ1) is 16.6. The molecule has 0 spiro atoms. The number of nitrogens with zero attached hydrogens (tertiary/aromatic N) is 1. The van der Waals surface area contributed by atoms with Crippen molar-refractivity contribution in [2.75, 3.05) is 13.2 Å². The van der Waals surface area contributed by atoms with Crippen molar-refractivity contribution in [3.05, 3.63) is 29.3 Å². The molecule has 0 bridgehead atoms. The Morgan fingerprint density at radius 3 is 2.67 bits per heavy atom. The van der Waals surface area contributed by atoms with E-state index in [0.29, 0.717) is 24.3 Å². The number of aromatic hydroxyl groups is 1. The molecule has 1 rings (SSSR count). The van der Waals surface area contributed by atoms with Crippen LogP contribution in [0.25, 0.3) is 6.08 Å². The fourth-order valence-corrected chi connectivity index (χ4v) is 1.52. The lowest BCUT2D eigenvalue weighted by molar-refractivity contribution is -0.138. The summed E-state index contributed by atoms with van der Waals surface area (Å²) >= 11 is 0. The van der Waals surface area contributed by atoms with Gasteiger partial charge in [0.1, 0.15) is 11.6 Å². The van der Waals surface area contributed by atoms with Crippen LogP contribution in [0.15, 0.2) is 23.8 Å². The molecule has 1 N–H and O–H groups in total. The number of rotatable bonds is 7. The lowest BCUT2D eigenvalue weighted by Crippen LogP contribution is -2.07. The highest BCUT2D eigenvalue weighted by atomic mass is 16.5. The standard InChI is InChI=1S/C16H19NO4/c1-3-7-20-15-10-12(5-6-14(15)18)9-13(11-17)16(19)21-8-4-2/h5-6,9-10,18H,3-4,7-8H2,1-2H3. The zero-order valence-electron chi connectivity index (χ0n) is 12.3. The van der Waals surface area contributed by atoms with E-state index in [1.807, 2.05) is 19.9 Å². The third-order valence-electron chi connectivity index (χ3n) is 2.53. The number of phenolic OH excluding ortho intramolecular Hbond substituents is 1. The van der Waals surface area contributed by atoms with E-state index in [1.54, 1.807) is 12.1 Å². The molecule has 0 saturated heterocycles. The number of benzene rings is 1. The maximum Gasteiger partial charge on any atom is 0.348 e. The first-order chi connectivity index (χ1) is 10.1. The topological polar surface area (TPSA) is 79.6 Å². The molecular formula is C16H19NO4. The van der Waals surface area contributed by atoms with Gasteiger partial charge < -0.3 is 14.6 Å². The fraction of sp³-hybridized carbons (Fsp3) is 0.375. The highest BCUT2D eigenvalue weighted by Gasteiger charge is 2.11. The number of nitriles is 1. The minimum absolute atomic E-state index is 0.0210. The first-order valence-electron chi connectivity index (χ1n) is 6.87. The van der Waals surface area contributed by atoms with Crippen molar-refractivity contribution < 1.29 is 19.4 Å². The summed E-state index contributed by atoms with van der Waals surface area (Å²) in [4.78, 5) is 11.7. The summed E-state index contributed by atoms with van der Waals surface area (Å²) in [7, 11) is 0. The Labute approximate surface area is 124 Å². The molecule has 0 unspecified atom stereocenters. The smallest absolute Gasteiger partial charge is 0.348 e. The zero-order valence-corrected chi connectivity index (χ0v) is 12.3. The van der Waals surface area contributed by atoms with Crippen LogP contribution in [0, 0.1) is 11.3 Å². The molecule has 0 aliphatic carbocycles. The molecule has 0 fully saturated rings. The van der Waals surface area contributed by atoms with Crippen LogP contribution in [0.4, 0.5) is 0 Å². The van der Waals surface area contributed by atoms with Crippen molar-refractivity contribution >= 4 is 12.0 Å². The fourth-order valence-electron chi connectivity index (χ4n) is 1.52. The predicted molar refractivity (Wildman–Crippen MR) is 78.7 cm³/mol. The van der Waals surface area contributed by atoms with Crippen molar-refractivity contribution in [1.82, 2.24) is 0 Å². The van der Waals surface area contributed by atoms with Gasteiger partial charge in [-0.2, -0.15) is 5.26 Å². The number of phenols is 1. The van der Waals surface area contributed by atoms with Gasteiger partial charge in [0, 0.05) is 0 Å². The van der Waals surface area contributed by atoms with Gasteiger partial charge in [-0.3, -0.25) is 0 Å². The van der Waals surface area contributed by atoms with Crippen LogP contribution in [0.5, 0.6) is 11.5 Å². The molecule has 21 heavy (non-hydrogen) atoms. The van der Waals surface area contributed by atoms with E-state index in [0.717, 1.165) is 6.42 Å². The van der Waals surface area contributed by atoms with Crippen LogP contribution in [0.1, 0.15) is 32.3 Å². The van der Waals surface area contributed by atoms with Crippen molar-refractivity contribution in [1.29, 1.82) is 5.26 Å². The van der Waals surface area contributed by atoms with Gasteiger partial charge in [0.2, 0.25) is 0 Å². The van der Waals surface area contributed by atoms with Crippen LogP contribution in [-0.2, 0) is 9.53 Å². The second kappa shape index (κ2) is 8.64. The number of esters is 1. The Morgan fingerprint density at radius 2 is 2.05 bits per heavy atom. The van der Waals surface area contributed by atoms with Crippen LogP contribution in [-0.4, -0.2) is 24.3 Å². The zero-order chi connectivity index (χ0) is 15.7. The third-order valence-corrected chi connectivity index (χ3v) is 2.53. The molecule has 1 aromatic rings. The van der Waals surface area contributed by atoms with Gasteiger partial charge in [-0.1, -0.05) is 19.9 Å². The van der Waals surface area contributed by atoms with E-state index in [9.17, 15) is 9.90 Å². The summed E-state index contributed by atoms with van der Waals surface area (Å²) in [6.07, 6.45) is 2.92. The van der Waals surface area contributed by atoms with Crippen molar-refractivity contribution in [3.8, 4) is 17.6 Å². The Hall–Kier alpha value is -2.48. The Bertz CT molecular complexity index is 558. The molecule has 0 radical (unpaired) electrons. The minimum atomic E-state index is -0.650.